The molecule has 0 bridgehead atoms. The predicted octanol–water partition coefficient (Wildman–Crippen LogP) is 4.15. The monoisotopic (exact) mass is 432 g/mol. The molecule has 0 aliphatic carbocycles. The molecule has 9 heteroatoms. The van der Waals surface area contributed by atoms with Crippen LogP contribution in [0.15, 0.2) is 51.0 Å². The Balaban J connectivity index is 2.11. The smallest absolute Gasteiger partial charge is 0.295 e. The van der Waals surface area contributed by atoms with Crippen LogP contribution in [0, 0.1) is 0 Å². The molecular formula is C20H24N4O3S2. The molecule has 3 rings (SSSR count). The Kier molecular flexibility index (Phi) is 7.32. The molecule has 0 saturated carbocycles. The van der Waals surface area contributed by atoms with Gasteiger partial charge in [0, 0.05) is 45.6 Å². The van der Waals surface area contributed by atoms with Crippen LogP contribution in [0.1, 0.15) is 10.5 Å². The van der Waals surface area contributed by atoms with Gasteiger partial charge in [0.25, 0.3) is 5.91 Å². The number of carbonyl (C=O) groups excluding carboxylic acids is 1. The summed E-state index contributed by atoms with van der Waals surface area (Å²) >= 11 is 3.27. The predicted molar refractivity (Wildman–Crippen MR) is 120 cm³/mol. The second-order valence-corrected chi connectivity index (χ2v) is 8.69. The van der Waals surface area contributed by atoms with Crippen LogP contribution in [0.2, 0.25) is 0 Å². The van der Waals surface area contributed by atoms with Gasteiger partial charge < -0.3 is 18.9 Å². The topological polar surface area (TPSA) is 59.3 Å². The van der Waals surface area contributed by atoms with Crippen molar-refractivity contribution in [3.8, 4) is 0 Å². The molecular weight excluding hydrogens is 408 g/mol. The van der Waals surface area contributed by atoms with Gasteiger partial charge in [-0.1, -0.05) is 18.2 Å². The summed E-state index contributed by atoms with van der Waals surface area (Å²) in [6, 6.07) is 11.9. The van der Waals surface area contributed by atoms with E-state index in [2.05, 4.69) is 15.4 Å². The fourth-order valence-corrected chi connectivity index (χ4v) is 4.68. The average Bonchev–Trinajstić information content (AvgIpc) is 3.34. The van der Waals surface area contributed by atoms with Crippen molar-refractivity contribution in [1.29, 1.82) is 0 Å². The summed E-state index contributed by atoms with van der Waals surface area (Å²) < 4.78 is 15.9. The Morgan fingerprint density at radius 1 is 1.24 bits per heavy atom. The van der Waals surface area contributed by atoms with Gasteiger partial charge in [-0.25, -0.2) is 0 Å². The third-order valence-corrected chi connectivity index (χ3v) is 6.00. The van der Waals surface area contributed by atoms with Crippen molar-refractivity contribution in [3.05, 3.63) is 47.5 Å². The number of para-hydroxylation sites is 1. The van der Waals surface area contributed by atoms with Crippen LogP contribution in [-0.2, 0) is 16.2 Å². The summed E-state index contributed by atoms with van der Waals surface area (Å²) in [4.78, 5) is 18.5. The average molecular weight is 433 g/mol. The molecule has 0 saturated heterocycles. The summed E-state index contributed by atoms with van der Waals surface area (Å²) in [5.74, 6) is -0.317. The zero-order chi connectivity index (χ0) is 20.8. The third-order valence-electron chi connectivity index (χ3n) is 3.99. The van der Waals surface area contributed by atoms with Gasteiger partial charge in [-0.15, -0.1) is 11.3 Å². The van der Waals surface area contributed by atoms with Crippen molar-refractivity contribution < 1.29 is 14.3 Å². The summed E-state index contributed by atoms with van der Waals surface area (Å²) in [5.41, 5.74) is 2.32. The Bertz CT molecular complexity index is 983. The number of rotatable bonds is 9. The lowest BCUT2D eigenvalue weighted by molar-refractivity contribution is 0.0963. The van der Waals surface area contributed by atoms with Crippen LogP contribution in [0.4, 0.5) is 5.69 Å². The minimum Gasteiger partial charge on any atom is -0.369 e. The molecule has 0 fully saturated rings. The van der Waals surface area contributed by atoms with E-state index < -0.39 is 0 Å². The minimum absolute atomic E-state index is 0.240. The maximum absolute atomic E-state index is 12.7. The van der Waals surface area contributed by atoms with E-state index in [-0.39, 0.29) is 12.6 Å². The number of hydrogen-bond acceptors (Lipinski definition) is 6. The van der Waals surface area contributed by atoms with Gasteiger partial charge in [-0.3, -0.25) is 9.10 Å². The number of hydrogen-bond donors (Lipinski definition) is 0. The quantitative estimate of drug-likeness (QED) is 0.219. The molecule has 3 aromatic rings. The highest BCUT2D eigenvalue weighted by Gasteiger charge is 2.21. The van der Waals surface area contributed by atoms with Crippen LogP contribution in [0.25, 0.3) is 10.9 Å². The Labute approximate surface area is 178 Å². The van der Waals surface area contributed by atoms with Gasteiger partial charge in [-0.2, -0.15) is 4.99 Å². The number of methoxy groups -OCH3 is 2. The van der Waals surface area contributed by atoms with Crippen LogP contribution < -0.4 is 4.31 Å². The number of ether oxygens (including phenoxy) is 2. The van der Waals surface area contributed by atoms with Crippen molar-refractivity contribution in [2.75, 3.05) is 39.4 Å². The first-order chi connectivity index (χ1) is 14.0. The molecule has 1 aromatic carbocycles. The molecule has 154 valence electrons. The second kappa shape index (κ2) is 9.93. The van der Waals surface area contributed by atoms with Gasteiger partial charge in [0.2, 0.25) is 0 Å². The van der Waals surface area contributed by atoms with Crippen molar-refractivity contribution in [2.45, 2.75) is 10.9 Å². The van der Waals surface area contributed by atoms with E-state index in [1.807, 2.05) is 54.4 Å². The second-order valence-electron chi connectivity index (χ2n) is 6.42. The van der Waals surface area contributed by atoms with E-state index >= 15 is 0 Å². The molecule has 0 atom stereocenters. The SMILES string of the molecule is COCN(Sc1cccs1)c1cccc2cc(C(=O)/N=C/N(C)C)n(COC)c12. The van der Waals surface area contributed by atoms with E-state index in [0.717, 1.165) is 20.8 Å². The van der Waals surface area contributed by atoms with Crippen LogP contribution >= 0.6 is 23.3 Å². The number of aliphatic imine (C=N–C) groups is 1. The van der Waals surface area contributed by atoms with Crippen LogP contribution in [0.5, 0.6) is 0 Å². The number of amides is 1. The Hall–Kier alpha value is -2.33. The third kappa shape index (κ3) is 4.99. The maximum Gasteiger partial charge on any atom is 0.295 e. The molecule has 2 heterocycles. The van der Waals surface area contributed by atoms with Crippen molar-refractivity contribution in [3.63, 3.8) is 0 Å². The van der Waals surface area contributed by atoms with Gasteiger partial charge in [-0.05, 0) is 23.6 Å². The van der Waals surface area contributed by atoms with E-state index in [9.17, 15) is 4.79 Å². The molecule has 1 amide bonds. The highest BCUT2D eigenvalue weighted by Crippen LogP contribution is 2.37. The molecule has 0 radical (unpaired) electrons. The molecule has 29 heavy (non-hydrogen) atoms. The molecule has 0 aliphatic rings. The zero-order valence-electron chi connectivity index (χ0n) is 16.9. The maximum atomic E-state index is 12.7. The molecule has 0 unspecified atom stereocenters. The van der Waals surface area contributed by atoms with Gasteiger partial charge >= 0.3 is 0 Å². The van der Waals surface area contributed by atoms with Gasteiger partial charge in [0.15, 0.2) is 0 Å². The summed E-state index contributed by atoms with van der Waals surface area (Å²) in [5, 5.41) is 2.98. The molecule has 0 N–H and O–H groups in total. The summed E-state index contributed by atoms with van der Waals surface area (Å²) in [6.07, 6.45) is 1.50. The lowest BCUT2D eigenvalue weighted by Crippen LogP contribution is -2.19. The standard InChI is InChI=1S/C20H24N4O3S2/c1-22(2)12-21-20(25)17-11-15-7-5-8-16(19(15)23(17)13-26-3)24(14-27-4)29-18-9-6-10-28-18/h5-12H,13-14H2,1-4H3/b21-12+. The molecule has 0 spiro atoms. The molecule has 7 nitrogen and oxygen atoms in total. The number of fused-ring (bicyclic) bond motifs is 1. The normalized spacial score (nSPS) is 11.4. The van der Waals surface area contributed by atoms with E-state index in [1.165, 1.54) is 6.34 Å². The van der Waals surface area contributed by atoms with Crippen LogP contribution in [-0.4, -0.2) is 56.8 Å². The molecule has 0 aliphatic heterocycles. The number of benzene rings is 1. The number of thiophene rings is 1. The highest BCUT2D eigenvalue weighted by atomic mass is 32.2. The number of nitrogens with zero attached hydrogens (tertiary/aromatic N) is 4. The summed E-state index contributed by atoms with van der Waals surface area (Å²) in [6.45, 7) is 0.630. The lowest BCUT2D eigenvalue weighted by Gasteiger charge is -2.23. The van der Waals surface area contributed by atoms with Crippen molar-refractivity contribution >= 4 is 52.1 Å². The van der Waals surface area contributed by atoms with Crippen molar-refractivity contribution in [2.24, 2.45) is 4.99 Å². The first-order valence-electron chi connectivity index (χ1n) is 8.89. The van der Waals surface area contributed by atoms with Crippen LogP contribution in [0.3, 0.4) is 0 Å². The van der Waals surface area contributed by atoms with Crippen molar-refractivity contribution in [1.82, 2.24) is 9.47 Å². The number of carbonyl (C=O) groups is 1. The highest BCUT2D eigenvalue weighted by molar-refractivity contribution is 8.02. The van der Waals surface area contributed by atoms with E-state index in [4.69, 9.17) is 9.47 Å². The summed E-state index contributed by atoms with van der Waals surface area (Å²) in [7, 11) is 6.92. The molecule has 2 aromatic heterocycles. The fourth-order valence-electron chi connectivity index (χ4n) is 2.87. The van der Waals surface area contributed by atoms with Gasteiger partial charge in [0.1, 0.15) is 19.2 Å². The lowest BCUT2D eigenvalue weighted by atomic mass is 10.2. The minimum atomic E-state index is -0.317. The number of aromatic nitrogens is 1. The van der Waals surface area contributed by atoms with E-state index in [1.54, 1.807) is 42.4 Å². The van der Waals surface area contributed by atoms with E-state index in [0.29, 0.717) is 12.4 Å². The first kappa shape index (κ1) is 21.4. The number of anilines is 1. The largest absolute Gasteiger partial charge is 0.369 e. The first-order valence-corrected chi connectivity index (χ1v) is 10.5. The Morgan fingerprint density at radius 2 is 2.07 bits per heavy atom. The van der Waals surface area contributed by atoms with Gasteiger partial charge in [0.05, 0.1) is 21.8 Å². The fraction of sp³-hybridized carbons (Fsp3) is 0.300. The zero-order valence-corrected chi connectivity index (χ0v) is 18.5. The Morgan fingerprint density at radius 3 is 2.72 bits per heavy atom.